The van der Waals surface area contributed by atoms with Crippen molar-refractivity contribution in [2.75, 3.05) is 7.11 Å². The maximum absolute atomic E-state index is 11.5. The van der Waals surface area contributed by atoms with Crippen molar-refractivity contribution in [3.63, 3.8) is 0 Å². The Labute approximate surface area is 124 Å². The number of methoxy groups -OCH3 is 1. The Kier molecular flexibility index (Phi) is 3.83. The Morgan fingerprint density at radius 2 is 1.95 bits per heavy atom. The van der Waals surface area contributed by atoms with Gasteiger partial charge in [0.15, 0.2) is 0 Å². The standard InChI is InChI=1S/C13H19N3O4S/c1-8-6-7-9(20-8)10(13(2,3)4)14-11-12(19-5)16-21(17,18)15-11/h6-7,10H,1-5H3,(H,14,15)/t10-/m0/s1. The van der Waals surface area contributed by atoms with E-state index in [0.29, 0.717) is 5.76 Å². The monoisotopic (exact) mass is 313 g/mol. The molecule has 1 N–H and O–H groups in total. The molecule has 1 aliphatic heterocycles. The third-order valence-corrected chi connectivity index (χ3v) is 3.80. The lowest BCUT2D eigenvalue weighted by atomic mass is 9.85. The molecule has 0 fully saturated rings. The first-order chi connectivity index (χ1) is 9.62. The van der Waals surface area contributed by atoms with Gasteiger partial charge >= 0.3 is 10.2 Å². The summed E-state index contributed by atoms with van der Waals surface area (Å²) in [6.45, 7) is 7.88. The Morgan fingerprint density at radius 3 is 2.43 bits per heavy atom. The summed E-state index contributed by atoms with van der Waals surface area (Å²) < 4.78 is 40.5. The van der Waals surface area contributed by atoms with Crippen molar-refractivity contribution in [3.05, 3.63) is 23.7 Å². The van der Waals surface area contributed by atoms with Gasteiger partial charge in [-0.15, -0.1) is 8.80 Å². The summed E-state index contributed by atoms with van der Waals surface area (Å²) in [7, 11) is -2.52. The van der Waals surface area contributed by atoms with Gasteiger partial charge in [-0.25, -0.2) is 0 Å². The van der Waals surface area contributed by atoms with Crippen LogP contribution in [0.3, 0.4) is 0 Å². The summed E-state index contributed by atoms with van der Waals surface area (Å²) in [5.74, 6) is 1.52. The molecule has 2 rings (SSSR count). The molecular weight excluding hydrogens is 294 g/mol. The van der Waals surface area contributed by atoms with E-state index in [4.69, 9.17) is 9.15 Å². The number of amidine groups is 1. The van der Waals surface area contributed by atoms with Crippen LogP contribution in [-0.4, -0.2) is 27.3 Å². The normalized spacial score (nSPS) is 18.9. The second-order valence-electron chi connectivity index (χ2n) is 5.88. The first kappa shape index (κ1) is 15.6. The molecule has 0 saturated carbocycles. The lowest BCUT2D eigenvalue weighted by Crippen LogP contribution is -2.39. The van der Waals surface area contributed by atoms with E-state index in [-0.39, 0.29) is 23.2 Å². The Hall–Kier alpha value is -1.83. The molecular formula is C13H19N3O4S. The van der Waals surface area contributed by atoms with Crippen LogP contribution in [0.25, 0.3) is 0 Å². The van der Waals surface area contributed by atoms with Gasteiger partial charge in [0.1, 0.15) is 11.5 Å². The highest BCUT2D eigenvalue weighted by Gasteiger charge is 2.34. The van der Waals surface area contributed by atoms with Crippen molar-refractivity contribution >= 4 is 21.9 Å². The predicted molar refractivity (Wildman–Crippen MR) is 79.6 cm³/mol. The Morgan fingerprint density at radius 1 is 1.29 bits per heavy atom. The van der Waals surface area contributed by atoms with Crippen molar-refractivity contribution in [1.82, 2.24) is 5.32 Å². The van der Waals surface area contributed by atoms with Crippen LogP contribution in [0.4, 0.5) is 0 Å². The van der Waals surface area contributed by atoms with Gasteiger partial charge in [0.25, 0.3) is 5.90 Å². The van der Waals surface area contributed by atoms with Crippen LogP contribution in [-0.2, 0) is 14.9 Å². The second-order valence-corrected chi connectivity index (χ2v) is 7.14. The summed E-state index contributed by atoms with van der Waals surface area (Å²) in [5, 5.41) is 3.06. The number of hydrogen-bond acceptors (Lipinski definition) is 5. The van der Waals surface area contributed by atoms with Gasteiger partial charge in [-0.2, -0.15) is 8.42 Å². The van der Waals surface area contributed by atoms with Gasteiger partial charge in [0, 0.05) is 0 Å². The van der Waals surface area contributed by atoms with E-state index in [2.05, 4.69) is 14.1 Å². The van der Waals surface area contributed by atoms with Crippen LogP contribution in [0.5, 0.6) is 0 Å². The highest BCUT2D eigenvalue weighted by atomic mass is 32.2. The van der Waals surface area contributed by atoms with Gasteiger partial charge in [0.2, 0.25) is 5.84 Å². The topological polar surface area (TPSA) is 93.3 Å². The smallest absolute Gasteiger partial charge is 0.368 e. The molecule has 0 bridgehead atoms. The van der Waals surface area contributed by atoms with Gasteiger partial charge in [-0.05, 0) is 24.5 Å². The number of aryl methyl sites for hydroxylation is 1. The largest absolute Gasteiger partial charge is 0.478 e. The van der Waals surface area contributed by atoms with Crippen molar-refractivity contribution in [2.24, 2.45) is 14.2 Å². The van der Waals surface area contributed by atoms with E-state index in [1.165, 1.54) is 7.11 Å². The minimum absolute atomic E-state index is 0.0486. The number of rotatable bonds is 2. The first-order valence-corrected chi connectivity index (χ1v) is 7.84. The Balaban J connectivity index is 2.36. The van der Waals surface area contributed by atoms with Crippen molar-refractivity contribution in [1.29, 1.82) is 0 Å². The van der Waals surface area contributed by atoms with E-state index in [0.717, 1.165) is 5.76 Å². The molecule has 1 atom stereocenters. The molecule has 2 heterocycles. The molecule has 1 aliphatic rings. The minimum atomic E-state index is -3.87. The summed E-state index contributed by atoms with van der Waals surface area (Å²) in [6.07, 6.45) is 0. The molecule has 1 aromatic heterocycles. The van der Waals surface area contributed by atoms with E-state index < -0.39 is 10.2 Å². The molecule has 0 spiro atoms. The molecule has 0 aliphatic carbocycles. The van der Waals surface area contributed by atoms with E-state index in [1.807, 2.05) is 39.8 Å². The second kappa shape index (κ2) is 5.18. The van der Waals surface area contributed by atoms with Crippen LogP contribution in [0, 0.1) is 12.3 Å². The van der Waals surface area contributed by atoms with Gasteiger partial charge < -0.3 is 14.5 Å². The van der Waals surface area contributed by atoms with Crippen molar-refractivity contribution < 1.29 is 17.6 Å². The summed E-state index contributed by atoms with van der Waals surface area (Å²) in [6, 6.07) is 3.43. The molecule has 7 nitrogen and oxygen atoms in total. The van der Waals surface area contributed by atoms with Gasteiger partial charge in [-0.3, -0.25) is 0 Å². The minimum Gasteiger partial charge on any atom is -0.478 e. The zero-order chi connectivity index (χ0) is 15.8. The third-order valence-electron chi connectivity index (χ3n) is 2.99. The average molecular weight is 313 g/mol. The fraction of sp³-hybridized carbons (Fsp3) is 0.538. The number of furan rings is 1. The molecule has 0 saturated heterocycles. The quantitative estimate of drug-likeness (QED) is 0.901. The van der Waals surface area contributed by atoms with Gasteiger partial charge in [0.05, 0.1) is 13.2 Å². The lowest BCUT2D eigenvalue weighted by Gasteiger charge is -2.30. The van der Waals surface area contributed by atoms with Crippen LogP contribution in [0.2, 0.25) is 0 Å². The molecule has 8 heteroatoms. The summed E-state index contributed by atoms with van der Waals surface area (Å²) >= 11 is 0. The van der Waals surface area contributed by atoms with E-state index >= 15 is 0 Å². The number of nitrogens with one attached hydrogen (secondary N) is 1. The predicted octanol–water partition coefficient (Wildman–Crippen LogP) is 1.97. The van der Waals surface area contributed by atoms with Crippen molar-refractivity contribution in [2.45, 2.75) is 33.7 Å². The fourth-order valence-electron chi connectivity index (χ4n) is 2.00. The molecule has 0 aromatic carbocycles. The third kappa shape index (κ3) is 3.44. The lowest BCUT2D eigenvalue weighted by molar-refractivity contribution is 0.260. The Bertz CT molecular complexity index is 695. The van der Waals surface area contributed by atoms with Gasteiger partial charge in [-0.1, -0.05) is 20.8 Å². The maximum Gasteiger partial charge on any atom is 0.368 e. The number of ether oxygens (including phenoxy) is 1. The highest BCUT2D eigenvalue weighted by Crippen LogP contribution is 2.34. The number of nitrogens with zero attached hydrogens (tertiary/aromatic N) is 2. The van der Waals surface area contributed by atoms with Crippen LogP contribution < -0.4 is 5.32 Å². The first-order valence-electron chi connectivity index (χ1n) is 6.44. The van der Waals surface area contributed by atoms with Crippen molar-refractivity contribution in [3.8, 4) is 0 Å². The fourth-order valence-corrected chi connectivity index (χ4v) is 2.78. The molecule has 0 radical (unpaired) electrons. The molecule has 0 unspecified atom stereocenters. The van der Waals surface area contributed by atoms with Crippen LogP contribution in [0.1, 0.15) is 38.3 Å². The SMILES string of the molecule is COC1=NS(=O)(=O)N=C1N[C@@H](c1ccc(C)o1)C(C)(C)C. The maximum atomic E-state index is 11.5. The molecule has 21 heavy (non-hydrogen) atoms. The average Bonchev–Trinajstić information content (AvgIpc) is 2.87. The molecule has 116 valence electrons. The van der Waals surface area contributed by atoms with Crippen LogP contribution in [0.15, 0.2) is 25.3 Å². The zero-order valence-electron chi connectivity index (χ0n) is 12.7. The van der Waals surface area contributed by atoms with Crippen LogP contribution >= 0.6 is 0 Å². The molecule has 0 amide bonds. The van der Waals surface area contributed by atoms with E-state index in [1.54, 1.807) is 0 Å². The number of hydrogen-bond donors (Lipinski definition) is 1. The zero-order valence-corrected chi connectivity index (χ0v) is 13.5. The summed E-state index contributed by atoms with van der Waals surface area (Å²) in [4.78, 5) is 0. The highest BCUT2D eigenvalue weighted by molar-refractivity contribution is 7.89. The molecule has 1 aromatic rings. The van der Waals surface area contributed by atoms with E-state index in [9.17, 15) is 8.42 Å². The summed E-state index contributed by atoms with van der Waals surface area (Å²) in [5.41, 5.74) is -0.238.